The van der Waals surface area contributed by atoms with Crippen molar-refractivity contribution < 1.29 is 4.79 Å². The van der Waals surface area contributed by atoms with Crippen molar-refractivity contribution in [1.29, 1.82) is 0 Å². The molecule has 1 aromatic rings. The molecule has 0 fully saturated rings. The first-order chi connectivity index (χ1) is 8.19. The third-order valence-electron chi connectivity index (χ3n) is 2.70. The van der Waals surface area contributed by atoms with Crippen molar-refractivity contribution in [3.63, 3.8) is 0 Å². The van der Waals surface area contributed by atoms with E-state index in [0.29, 0.717) is 11.3 Å². The van der Waals surface area contributed by atoms with Crippen LogP contribution in [0.4, 0.5) is 5.69 Å². The van der Waals surface area contributed by atoms with Crippen LogP contribution in [0.15, 0.2) is 24.3 Å². The maximum atomic E-state index is 12.0. The Kier molecular flexibility index (Phi) is 5.49. The van der Waals surface area contributed by atoms with E-state index in [2.05, 4.69) is 17.7 Å². The Labute approximate surface area is 103 Å². The Hall–Kier alpha value is -1.55. The number of hydrogen-bond acceptors (Lipinski definition) is 3. The van der Waals surface area contributed by atoms with Crippen molar-refractivity contribution in [3.05, 3.63) is 29.8 Å². The van der Waals surface area contributed by atoms with E-state index >= 15 is 0 Å². The molecule has 1 unspecified atom stereocenters. The Morgan fingerprint density at radius 2 is 2.12 bits per heavy atom. The van der Waals surface area contributed by atoms with Crippen LogP contribution in [-0.2, 0) is 0 Å². The number of benzene rings is 1. The van der Waals surface area contributed by atoms with E-state index in [9.17, 15) is 4.79 Å². The molecule has 0 heterocycles. The molecule has 0 aliphatic rings. The van der Waals surface area contributed by atoms with Gasteiger partial charge in [0.1, 0.15) is 0 Å². The normalized spacial score (nSPS) is 11.9. The van der Waals surface area contributed by atoms with Crippen LogP contribution in [-0.4, -0.2) is 11.9 Å². The average Bonchev–Trinajstić information content (AvgIpc) is 2.36. The number of hydrogen-bond donors (Lipinski definition) is 3. The number of carbonyl (C=O) groups is 1. The summed E-state index contributed by atoms with van der Waals surface area (Å²) in [5.74, 6) is 5.29. The molecule has 17 heavy (non-hydrogen) atoms. The summed E-state index contributed by atoms with van der Waals surface area (Å²) in [4.78, 5) is 12.0. The van der Waals surface area contributed by atoms with Crippen LogP contribution in [0.1, 0.15) is 43.5 Å². The number of carbonyl (C=O) groups excluding carboxylic acids is 1. The number of rotatable bonds is 6. The largest absolute Gasteiger partial charge is 0.350 e. The first-order valence-electron chi connectivity index (χ1n) is 6.05. The first kappa shape index (κ1) is 13.5. The average molecular weight is 235 g/mol. The predicted octanol–water partition coefficient (Wildman–Crippen LogP) is 2.28. The second kappa shape index (κ2) is 6.91. The molecular weight excluding hydrogens is 214 g/mol. The molecule has 4 nitrogen and oxygen atoms in total. The summed E-state index contributed by atoms with van der Waals surface area (Å²) in [5, 5.41) is 2.97. The Bertz CT molecular complexity index is 365. The lowest BCUT2D eigenvalue weighted by Gasteiger charge is -2.15. The molecule has 1 aromatic carbocycles. The summed E-state index contributed by atoms with van der Waals surface area (Å²) in [6.45, 7) is 4.16. The number of nitrogens with one attached hydrogen (secondary N) is 2. The van der Waals surface area contributed by atoms with E-state index in [-0.39, 0.29) is 11.9 Å². The van der Waals surface area contributed by atoms with Crippen LogP contribution in [0.3, 0.4) is 0 Å². The summed E-state index contributed by atoms with van der Waals surface area (Å²) in [6, 6.07) is 7.40. The number of para-hydroxylation sites is 1. The fourth-order valence-electron chi connectivity index (χ4n) is 1.69. The summed E-state index contributed by atoms with van der Waals surface area (Å²) < 4.78 is 0. The molecule has 0 saturated carbocycles. The minimum absolute atomic E-state index is 0.0813. The molecule has 0 aliphatic heterocycles. The Balaban J connectivity index is 2.63. The number of anilines is 1. The van der Waals surface area contributed by atoms with Gasteiger partial charge in [-0.05, 0) is 25.5 Å². The van der Waals surface area contributed by atoms with Gasteiger partial charge < -0.3 is 10.7 Å². The highest BCUT2D eigenvalue weighted by Crippen LogP contribution is 2.13. The monoisotopic (exact) mass is 235 g/mol. The fourth-order valence-corrected chi connectivity index (χ4v) is 1.69. The van der Waals surface area contributed by atoms with Crippen molar-refractivity contribution in [2.24, 2.45) is 5.84 Å². The molecule has 4 N–H and O–H groups in total. The molecular formula is C13H21N3O. The van der Waals surface area contributed by atoms with Crippen LogP contribution in [0.25, 0.3) is 0 Å². The number of amides is 1. The van der Waals surface area contributed by atoms with Gasteiger partial charge in [0.15, 0.2) is 0 Å². The van der Waals surface area contributed by atoms with Crippen molar-refractivity contribution in [3.8, 4) is 0 Å². The second-order valence-corrected chi connectivity index (χ2v) is 4.21. The van der Waals surface area contributed by atoms with Gasteiger partial charge in [-0.1, -0.05) is 31.9 Å². The maximum Gasteiger partial charge on any atom is 0.253 e. The van der Waals surface area contributed by atoms with Crippen LogP contribution in [0, 0.1) is 0 Å². The summed E-state index contributed by atoms with van der Waals surface area (Å²) >= 11 is 0. The molecule has 0 radical (unpaired) electrons. The van der Waals surface area contributed by atoms with E-state index in [1.54, 1.807) is 12.1 Å². The topological polar surface area (TPSA) is 67.2 Å². The van der Waals surface area contributed by atoms with Gasteiger partial charge in [-0.3, -0.25) is 10.6 Å². The highest BCUT2D eigenvalue weighted by atomic mass is 16.1. The standard InChI is InChI=1S/C13H21N3O/c1-3-4-7-10(2)15-13(17)11-8-5-6-9-12(11)16-14/h5-6,8-10,16H,3-4,7,14H2,1-2H3,(H,15,17). The zero-order valence-corrected chi connectivity index (χ0v) is 10.5. The van der Waals surface area contributed by atoms with Crippen molar-refractivity contribution in [2.45, 2.75) is 39.2 Å². The molecule has 1 amide bonds. The molecule has 4 heteroatoms. The lowest BCUT2D eigenvalue weighted by Crippen LogP contribution is -2.33. The van der Waals surface area contributed by atoms with E-state index in [4.69, 9.17) is 5.84 Å². The van der Waals surface area contributed by atoms with Crippen molar-refractivity contribution >= 4 is 11.6 Å². The van der Waals surface area contributed by atoms with Gasteiger partial charge in [0.2, 0.25) is 0 Å². The third kappa shape index (κ3) is 4.07. The fraction of sp³-hybridized carbons (Fsp3) is 0.462. The number of hydrazine groups is 1. The first-order valence-corrected chi connectivity index (χ1v) is 6.05. The van der Waals surface area contributed by atoms with E-state index in [1.807, 2.05) is 19.1 Å². The van der Waals surface area contributed by atoms with Gasteiger partial charge in [0, 0.05) is 6.04 Å². The zero-order valence-electron chi connectivity index (χ0n) is 10.5. The molecule has 1 rings (SSSR count). The van der Waals surface area contributed by atoms with Crippen molar-refractivity contribution in [1.82, 2.24) is 5.32 Å². The van der Waals surface area contributed by atoms with Gasteiger partial charge >= 0.3 is 0 Å². The Morgan fingerprint density at radius 1 is 1.41 bits per heavy atom. The SMILES string of the molecule is CCCCC(C)NC(=O)c1ccccc1NN. The summed E-state index contributed by atoms with van der Waals surface area (Å²) in [5.41, 5.74) is 3.76. The molecule has 1 atom stereocenters. The number of unbranched alkanes of at least 4 members (excludes halogenated alkanes) is 1. The quantitative estimate of drug-likeness (QED) is 0.523. The van der Waals surface area contributed by atoms with Crippen LogP contribution >= 0.6 is 0 Å². The third-order valence-corrected chi connectivity index (χ3v) is 2.70. The zero-order chi connectivity index (χ0) is 12.7. The molecule has 0 spiro atoms. The van der Waals surface area contributed by atoms with Gasteiger partial charge in [-0.25, -0.2) is 0 Å². The molecule has 0 aliphatic carbocycles. The van der Waals surface area contributed by atoms with Crippen LogP contribution in [0.2, 0.25) is 0 Å². The highest BCUT2D eigenvalue weighted by Gasteiger charge is 2.12. The van der Waals surface area contributed by atoms with E-state index in [0.717, 1.165) is 19.3 Å². The Morgan fingerprint density at radius 3 is 2.76 bits per heavy atom. The highest BCUT2D eigenvalue weighted by molar-refractivity contribution is 5.99. The second-order valence-electron chi connectivity index (χ2n) is 4.21. The van der Waals surface area contributed by atoms with Crippen LogP contribution in [0.5, 0.6) is 0 Å². The van der Waals surface area contributed by atoms with Gasteiger partial charge in [0.25, 0.3) is 5.91 Å². The van der Waals surface area contributed by atoms with E-state index in [1.165, 1.54) is 0 Å². The smallest absolute Gasteiger partial charge is 0.253 e. The van der Waals surface area contributed by atoms with E-state index < -0.39 is 0 Å². The predicted molar refractivity (Wildman–Crippen MR) is 70.7 cm³/mol. The number of nitrogens with two attached hydrogens (primary N) is 1. The van der Waals surface area contributed by atoms with Crippen molar-refractivity contribution in [2.75, 3.05) is 5.43 Å². The minimum atomic E-state index is -0.0813. The molecule has 0 aromatic heterocycles. The molecule has 0 saturated heterocycles. The minimum Gasteiger partial charge on any atom is -0.350 e. The lowest BCUT2D eigenvalue weighted by molar-refractivity contribution is 0.0939. The summed E-state index contributed by atoms with van der Waals surface area (Å²) in [6.07, 6.45) is 3.26. The van der Waals surface area contributed by atoms with Gasteiger partial charge in [-0.2, -0.15) is 0 Å². The van der Waals surface area contributed by atoms with Gasteiger partial charge in [-0.15, -0.1) is 0 Å². The summed E-state index contributed by atoms with van der Waals surface area (Å²) in [7, 11) is 0. The van der Waals surface area contributed by atoms with Crippen LogP contribution < -0.4 is 16.6 Å². The molecule has 94 valence electrons. The van der Waals surface area contributed by atoms with Gasteiger partial charge in [0.05, 0.1) is 11.3 Å². The maximum absolute atomic E-state index is 12.0. The lowest BCUT2D eigenvalue weighted by atomic mass is 10.1. The number of nitrogen functional groups attached to an aromatic ring is 1. The molecule has 0 bridgehead atoms.